The average Bonchev–Trinajstić information content (AvgIpc) is 3.16. The molecule has 1 aliphatic carbocycles. The van der Waals surface area contributed by atoms with Gasteiger partial charge in [-0.25, -0.2) is 4.39 Å². The summed E-state index contributed by atoms with van der Waals surface area (Å²) in [4.78, 5) is 15.2. The lowest BCUT2D eigenvalue weighted by Gasteiger charge is -2.39. The number of amides is 1. The number of benzene rings is 2. The van der Waals surface area contributed by atoms with Crippen LogP contribution in [0.1, 0.15) is 53.6 Å². The summed E-state index contributed by atoms with van der Waals surface area (Å²) in [6, 6.07) is 12.1. The van der Waals surface area contributed by atoms with Crippen molar-refractivity contribution in [3.63, 3.8) is 0 Å². The van der Waals surface area contributed by atoms with Gasteiger partial charge in [0.2, 0.25) is 0 Å². The molecule has 2 unspecified atom stereocenters. The SMILES string of the molecule is Nc1ccc(C(=O)N2CCC(N)(c3ccc(F)cc3)CC2)cc1C1=CC2NN=CC2CCC1. The molecule has 0 aromatic heterocycles. The van der Waals surface area contributed by atoms with Gasteiger partial charge in [-0.15, -0.1) is 0 Å². The minimum Gasteiger partial charge on any atom is -0.398 e. The van der Waals surface area contributed by atoms with Crippen LogP contribution in [0.3, 0.4) is 0 Å². The Bertz CT molecular complexity index is 1100. The van der Waals surface area contributed by atoms with Gasteiger partial charge in [0, 0.05) is 47.6 Å². The molecule has 5 N–H and O–H groups in total. The molecular weight excluding hydrogens is 417 g/mol. The Morgan fingerprint density at radius 2 is 1.91 bits per heavy atom. The zero-order chi connectivity index (χ0) is 23.0. The second-order valence-electron chi connectivity index (χ2n) is 9.44. The maximum Gasteiger partial charge on any atom is 0.253 e. The molecular formula is C26H30FN5O. The maximum absolute atomic E-state index is 13.3. The third-order valence-corrected chi connectivity index (χ3v) is 7.32. The lowest BCUT2D eigenvalue weighted by atomic mass is 9.82. The first kappa shape index (κ1) is 21.6. The van der Waals surface area contributed by atoms with Gasteiger partial charge in [0.25, 0.3) is 5.91 Å². The lowest BCUT2D eigenvalue weighted by Crippen LogP contribution is -2.49. The smallest absolute Gasteiger partial charge is 0.253 e. The van der Waals surface area contributed by atoms with Crippen LogP contribution in [0.4, 0.5) is 10.1 Å². The van der Waals surface area contributed by atoms with Crippen molar-refractivity contribution >= 4 is 23.4 Å². The summed E-state index contributed by atoms with van der Waals surface area (Å²) in [7, 11) is 0. The van der Waals surface area contributed by atoms with Crippen molar-refractivity contribution in [1.82, 2.24) is 10.3 Å². The summed E-state index contributed by atoms with van der Waals surface area (Å²) < 4.78 is 13.3. The molecule has 2 aliphatic heterocycles. The number of nitrogens with one attached hydrogen (secondary N) is 1. The van der Waals surface area contributed by atoms with Gasteiger partial charge in [-0.2, -0.15) is 5.10 Å². The van der Waals surface area contributed by atoms with E-state index < -0.39 is 5.54 Å². The van der Waals surface area contributed by atoms with E-state index in [-0.39, 0.29) is 17.8 Å². The third-order valence-electron chi connectivity index (χ3n) is 7.32. The molecule has 5 rings (SSSR count). The molecule has 1 fully saturated rings. The van der Waals surface area contributed by atoms with Gasteiger partial charge >= 0.3 is 0 Å². The molecule has 2 atom stereocenters. The number of hydrazone groups is 1. The maximum atomic E-state index is 13.3. The van der Waals surface area contributed by atoms with Crippen molar-refractivity contribution in [2.75, 3.05) is 18.8 Å². The number of hydrogen-bond donors (Lipinski definition) is 3. The number of nitrogen functional groups attached to an aromatic ring is 1. The summed E-state index contributed by atoms with van der Waals surface area (Å²) in [6.45, 7) is 1.11. The van der Waals surface area contributed by atoms with Crippen LogP contribution in [0.2, 0.25) is 0 Å². The van der Waals surface area contributed by atoms with Crippen molar-refractivity contribution < 1.29 is 9.18 Å². The number of nitrogens with zero attached hydrogens (tertiary/aromatic N) is 2. The number of hydrogen-bond acceptors (Lipinski definition) is 5. The Morgan fingerprint density at radius 1 is 1.15 bits per heavy atom. The van der Waals surface area contributed by atoms with Crippen LogP contribution in [0.5, 0.6) is 0 Å². The van der Waals surface area contributed by atoms with Crippen molar-refractivity contribution in [2.24, 2.45) is 16.8 Å². The molecule has 172 valence electrons. The fourth-order valence-electron chi connectivity index (χ4n) is 5.21. The second kappa shape index (κ2) is 8.63. The van der Waals surface area contributed by atoms with Crippen LogP contribution in [0.15, 0.2) is 53.6 Å². The van der Waals surface area contributed by atoms with E-state index in [4.69, 9.17) is 11.5 Å². The number of nitrogens with two attached hydrogens (primary N) is 2. The van der Waals surface area contributed by atoms with E-state index in [1.165, 1.54) is 17.7 Å². The standard InChI is InChI=1S/C26H30FN5O/c27-21-7-5-20(6-8-21)26(29)10-12-32(13-11-26)25(33)18-4-9-23(28)22(14-18)17-2-1-3-19-16-30-31-24(19)15-17/h4-9,14-16,19,24,31H,1-3,10-13,28-29H2. The summed E-state index contributed by atoms with van der Waals surface area (Å²) in [5, 5.41) is 4.22. The topological polar surface area (TPSA) is 96.7 Å². The molecule has 0 spiro atoms. The van der Waals surface area contributed by atoms with Crippen LogP contribution in [-0.4, -0.2) is 36.2 Å². The molecule has 33 heavy (non-hydrogen) atoms. The summed E-state index contributed by atoms with van der Waals surface area (Å²) in [6.07, 6.45) is 8.55. The van der Waals surface area contributed by atoms with E-state index in [9.17, 15) is 9.18 Å². The minimum absolute atomic E-state index is 0.00757. The Balaban J connectivity index is 1.32. The van der Waals surface area contributed by atoms with E-state index in [1.807, 2.05) is 29.3 Å². The number of carbonyl (C=O) groups excluding carboxylic acids is 1. The van der Waals surface area contributed by atoms with Crippen LogP contribution in [0, 0.1) is 11.7 Å². The summed E-state index contributed by atoms with van der Waals surface area (Å²) in [5.41, 5.74) is 19.9. The predicted octanol–water partition coefficient (Wildman–Crippen LogP) is 3.64. The molecule has 2 heterocycles. The number of halogens is 1. The zero-order valence-electron chi connectivity index (χ0n) is 18.6. The second-order valence-corrected chi connectivity index (χ2v) is 9.44. The number of likely N-dealkylation sites (tertiary alicyclic amines) is 1. The fourth-order valence-corrected chi connectivity index (χ4v) is 5.21. The highest BCUT2D eigenvalue weighted by molar-refractivity contribution is 5.96. The molecule has 2 aromatic carbocycles. The molecule has 2 aromatic rings. The van der Waals surface area contributed by atoms with Crippen LogP contribution < -0.4 is 16.9 Å². The monoisotopic (exact) mass is 447 g/mol. The third kappa shape index (κ3) is 4.25. The Labute approximate surface area is 193 Å². The van der Waals surface area contributed by atoms with Crippen molar-refractivity contribution in [3.05, 3.63) is 71.0 Å². The van der Waals surface area contributed by atoms with Gasteiger partial charge in [0.15, 0.2) is 0 Å². The quantitative estimate of drug-likeness (QED) is 0.626. The number of allylic oxidation sites excluding steroid dienone is 1. The molecule has 0 bridgehead atoms. The number of rotatable bonds is 3. The van der Waals surface area contributed by atoms with E-state index in [2.05, 4.69) is 16.6 Å². The molecule has 6 nitrogen and oxygen atoms in total. The van der Waals surface area contributed by atoms with Crippen molar-refractivity contribution in [3.8, 4) is 0 Å². The molecule has 0 radical (unpaired) electrons. The Kier molecular flexibility index (Phi) is 5.66. The highest BCUT2D eigenvalue weighted by Crippen LogP contribution is 2.34. The van der Waals surface area contributed by atoms with Gasteiger partial charge < -0.3 is 21.8 Å². The van der Waals surface area contributed by atoms with Crippen LogP contribution in [-0.2, 0) is 5.54 Å². The van der Waals surface area contributed by atoms with Gasteiger partial charge in [-0.1, -0.05) is 18.2 Å². The molecule has 1 saturated heterocycles. The Hall–Kier alpha value is -3.19. The van der Waals surface area contributed by atoms with Gasteiger partial charge in [0.05, 0.1) is 6.04 Å². The number of fused-ring (bicyclic) bond motifs is 1. The zero-order valence-corrected chi connectivity index (χ0v) is 18.6. The van der Waals surface area contributed by atoms with E-state index in [1.54, 1.807) is 12.1 Å². The first-order chi connectivity index (χ1) is 15.9. The molecule has 0 saturated carbocycles. The summed E-state index contributed by atoms with van der Waals surface area (Å²) in [5.74, 6) is 0.135. The Morgan fingerprint density at radius 3 is 2.67 bits per heavy atom. The minimum atomic E-state index is -0.547. The molecule has 7 heteroatoms. The first-order valence-electron chi connectivity index (χ1n) is 11.7. The van der Waals surface area contributed by atoms with Gasteiger partial charge in [0.1, 0.15) is 5.82 Å². The van der Waals surface area contributed by atoms with Gasteiger partial charge in [-0.05, 0) is 73.6 Å². The molecule has 3 aliphatic rings. The van der Waals surface area contributed by atoms with E-state index in [0.717, 1.165) is 30.4 Å². The predicted molar refractivity (Wildman–Crippen MR) is 129 cm³/mol. The number of piperidine rings is 1. The fraction of sp³-hybridized carbons (Fsp3) is 0.385. The largest absolute Gasteiger partial charge is 0.398 e. The van der Waals surface area contributed by atoms with Crippen molar-refractivity contribution in [2.45, 2.75) is 43.7 Å². The van der Waals surface area contributed by atoms with Gasteiger partial charge in [-0.3, -0.25) is 4.79 Å². The number of anilines is 1. The van der Waals surface area contributed by atoms with E-state index in [0.29, 0.717) is 43.1 Å². The highest BCUT2D eigenvalue weighted by atomic mass is 19.1. The average molecular weight is 448 g/mol. The highest BCUT2D eigenvalue weighted by Gasteiger charge is 2.34. The summed E-state index contributed by atoms with van der Waals surface area (Å²) >= 11 is 0. The first-order valence-corrected chi connectivity index (χ1v) is 11.7. The lowest BCUT2D eigenvalue weighted by molar-refractivity contribution is 0.0669. The number of carbonyl (C=O) groups is 1. The van der Waals surface area contributed by atoms with Crippen LogP contribution in [0.25, 0.3) is 5.57 Å². The molecule has 1 amide bonds. The normalized spacial score (nSPS) is 23.9. The van der Waals surface area contributed by atoms with E-state index >= 15 is 0 Å². The van der Waals surface area contributed by atoms with Crippen molar-refractivity contribution in [1.29, 1.82) is 0 Å². The van der Waals surface area contributed by atoms with Crippen LogP contribution >= 0.6 is 0 Å².